The molecule has 3 rings (SSSR count). The van der Waals surface area contributed by atoms with Gasteiger partial charge in [0.05, 0.1) is 26.2 Å². The molecule has 1 atom stereocenters. The van der Waals surface area contributed by atoms with Gasteiger partial charge in [-0.3, -0.25) is 4.79 Å². The van der Waals surface area contributed by atoms with Gasteiger partial charge >= 0.3 is 0 Å². The van der Waals surface area contributed by atoms with Crippen LogP contribution in [0.25, 0.3) is 0 Å². The summed E-state index contributed by atoms with van der Waals surface area (Å²) in [7, 11) is 3.51. The number of aryl methyl sites for hydroxylation is 1. The summed E-state index contributed by atoms with van der Waals surface area (Å²) in [6, 6.07) is 14.2. The van der Waals surface area contributed by atoms with Gasteiger partial charge in [-0.25, -0.2) is 0 Å². The Hall–Kier alpha value is -2.33. The maximum absolute atomic E-state index is 12.5. The number of carbonyl (C=O) groups is 1. The van der Waals surface area contributed by atoms with Gasteiger partial charge < -0.3 is 14.4 Å². The van der Waals surface area contributed by atoms with Crippen molar-refractivity contribution in [1.82, 2.24) is 4.90 Å². The Morgan fingerprint density at radius 3 is 2.72 bits per heavy atom. The van der Waals surface area contributed by atoms with Crippen LogP contribution in [0.15, 0.2) is 42.5 Å². The lowest BCUT2D eigenvalue weighted by Crippen LogP contribution is -2.38. The molecular formula is C21H25NO3. The smallest absolute Gasteiger partial charge is 0.226 e. The van der Waals surface area contributed by atoms with Crippen molar-refractivity contribution in [3.05, 3.63) is 64.7 Å². The Balaban J connectivity index is 1.57. The third-order valence-corrected chi connectivity index (χ3v) is 4.76. The quantitative estimate of drug-likeness (QED) is 0.840. The van der Waals surface area contributed by atoms with Crippen LogP contribution in [-0.4, -0.2) is 37.6 Å². The minimum atomic E-state index is 0.0569. The summed E-state index contributed by atoms with van der Waals surface area (Å²) in [5.41, 5.74) is 4.62. The number of fused-ring (bicyclic) bond motifs is 1. The van der Waals surface area contributed by atoms with Gasteiger partial charge in [0.2, 0.25) is 5.91 Å². The summed E-state index contributed by atoms with van der Waals surface area (Å²) in [4.78, 5) is 14.3. The summed E-state index contributed by atoms with van der Waals surface area (Å²) in [5, 5.41) is 0. The molecule has 4 nitrogen and oxygen atoms in total. The number of amides is 1. The monoisotopic (exact) mass is 339 g/mol. The number of likely N-dealkylation sites (N-methyl/N-ethyl adjacent to an activating group) is 1. The first-order chi connectivity index (χ1) is 12.1. The number of methoxy groups -OCH3 is 1. The predicted molar refractivity (Wildman–Crippen MR) is 97.8 cm³/mol. The second-order valence-corrected chi connectivity index (χ2v) is 6.66. The van der Waals surface area contributed by atoms with E-state index < -0.39 is 0 Å². The van der Waals surface area contributed by atoms with E-state index in [4.69, 9.17) is 9.47 Å². The normalized spacial score (nSPS) is 16.2. The second kappa shape index (κ2) is 7.70. The van der Waals surface area contributed by atoms with Crippen molar-refractivity contribution in [2.45, 2.75) is 32.5 Å². The highest BCUT2D eigenvalue weighted by Gasteiger charge is 2.22. The summed E-state index contributed by atoms with van der Waals surface area (Å²) >= 11 is 0. The molecule has 25 heavy (non-hydrogen) atoms. The van der Waals surface area contributed by atoms with E-state index in [1.54, 1.807) is 12.0 Å². The Labute approximate surface area is 149 Å². The van der Waals surface area contributed by atoms with Crippen LogP contribution in [0, 0.1) is 6.92 Å². The van der Waals surface area contributed by atoms with Crippen molar-refractivity contribution < 1.29 is 14.3 Å². The molecule has 4 heteroatoms. The van der Waals surface area contributed by atoms with E-state index in [1.165, 1.54) is 11.1 Å². The maximum Gasteiger partial charge on any atom is 0.226 e. The molecule has 1 heterocycles. The fraction of sp³-hybridized carbons (Fsp3) is 0.381. The number of carbonyl (C=O) groups excluding carboxylic acids is 1. The molecule has 0 saturated heterocycles. The highest BCUT2D eigenvalue weighted by atomic mass is 16.5. The Kier molecular flexibility index (Phi) is 5.39. The summed E-state index contributed by atoms with van der Waals surface area (Å²) in [5.74, 6) is 0.950. The SMILES string of the molecule is COc1ccc(CC(=O)N(C)CC2Cc3ccccc3CO2)cc1C. The number of hydrogen-bond acceptors (Lipinski definition) is 3. The van der Waals surface area contributed by atoms with E-state index in [2.05, 4.69) is 18.2 Å². The van der Waals surface area contributed by atoms with E-state index in [9.17, 15) is 4.79 Å². The molecular weight excluding hydrogens is 314 g/mol. The van der Waals surface area contributed by atoms with Gasteiger partial charge in [-0.15, -0.1) is 0 Å². The fourth-order valence-corrected chi connectivity index (χ4v) is 3.29. The van der Waals surface area contributed by atoms with Crippen molar-refractivity contribution in [3.8, 4) is 5.75 Å². The zero-order valence-electron chi connectivity index (χ0n) is 15.1. The molecule has 1 aliphatic heterocycles. The average molecular weight is 339 g/mol. The van der Waals surface area contributed by atoms with Gasteiger partial charge in [-0.2, -0.15) is 0 Å². The highest BCUT2D eigenvalue weighted by Crippen LogP contribution is 2.21. The first-order valence-electron chi connectivity index (χ1n) is 8.62. The third-order valence-electron chi connectivity index (χ3n) is 4.76. The average Bonchev–Trinajstić information content (AvgIpc) is 2.61. The fourth-order valence-electron chi connectivity index (χ4n) is 3.29. The van der Waals surface area contributed by atoms with Crippen LogP contribution in [0.1, 0.15) is 22.3 Å². The van der Waals surface area contributed by atoms with Gasteiger partial charge in [0.25, 0.3) is 0 Å². The van der Waals surface area contributed by atoms with Crippen molar-refractivity contribution in [2.75, 3.05) is 20.7 Å². The molecule has 2 aromatic carbocycles. The number of ether oxygens (including phenoxy) is 2. The van der Waals surface area contributed by atoms with Crippen molar-refractivity contribution >= 4 is 5.91 Å². The van der Waals surface area contributed by atoms with Crippen LogP contribution in [0.2, 0.25) is 0 Å². The van der Waals surface area contributed by atoms with Crippen LogP contribution in [-0.2, 0) is 29.0 Å². The molecule has 1 amide bonds. The maximum atomic E-state index is 12.5. The zero-order chi connectivity index (χ0) is 17.8. The highest BCUT2D eigenvalue weighted by molar-refractivity contribution is 5.78. The third kappa shape index (κ3) is 4.20. The molecule has 0 fully saturated rings. The number of rotatable bonds is 5. The van der Waals surface area contributed by atoms with Crippen molar-refractivity contribution in [2.24, 2.45) is 0 Å². The molecule has 0 spiro atoms. The van der Waals surface area contributed by atoms with Crippen LogP contribution in [0.3, 0.4) is 0 Å². The largest absolute Gasteiger partial charge is 0.496 e. The van der Waals surface area contributed by atoms with E-state index in [0.29, 0.717) is 19.6 Å². The van der Waals surface area contributed by atoms with E-state index in [1.807, 2.05) is 38.2 Å². The van der Waals surface area contributed by atoms with Crippen molar-refractivity contribution in [3.63, 3.8) is 0 Å². The van der Waals surface area contributed by atoms with Gasteiger partial charge in [-0.1, -0.05) is 36.4 Å². The van der Waals surface area contributed by atoms with E-state index in [-0.39, 0.29) is 12.0 Å². The second-order valence-electron chi connectivity index (χ2n) is 6.66. The lowest BCUT2D eigenvalue weighted by molar-refractivity contribution is -0.131. The molecule has 1 unspecified atom stereocenters. The molecule has 2 aromatic rings. The topological polar surface area (TPSA) is 38.8 Å². The minimum Gasteiger partial charge on any atom is -0.496 e. The molecule has 0 aliphatic carbocycles. The van der Waals surface area contributed by atoms with Gasteiger partial charge in [0.1, 0.15) is 5.75 Å². The number of benzene rings is 2. The van der Waals surface area contributed by atoms with E-state index >= 15 is 0 Å². The molecule has 0 aromatic heterocycles. The molecule has 0 saturated carbocycles. The molecule has 132 valence electrons. The summed E-state index contributed by atoms with van der Waals surface area (Å²) < 4.78 is 11.2. The van der Waals surface area contributed by atoms with Gasteiger partial charge in [0.15, 0.2) is 0 Å². The molecule has 0 radical (unpaired) electrons. The molecule has 0 bridgehead atoms. The predicted octanol–water partition coefficient (Wildman–Crippen LogP) is 3.15. The lowest BCUT2D eigenvalue weighted by Gasteiger charge is -2.29. The van der Waals surface area contributed by atoms with Crippen LogP contribution < -0.4 is 4.74 Å². The lowest BCUT2D eigenvalue weighted by atomic mass is 9.99. The number of hydrogen-bond donors (Lipinski definition) is 0. The standard InChI is InChI=1S/C21H25NO3/c1-15-10-16(8-9-20(15)24-3)11-21(23)22(2)13-19-12-17-6-4-5-7-18(17)14-25-19/h4-10,19H,11-14H2,1-3H3. The Morgan fingerprint density at radius 1 is 1.24 bits per heavy atom. The number of nitrogens with zero attached hydrogens (tertiary/aromatic N) is 1. The van der Waals surface area contributed by atoms with Crippen molar-refractivity contribution in [1.29, 1.82) is 0 Å². The first kappa shape index (κ1) is 17.5. The minimum absolute atomic E-state index is 0.0569. The van der Waals surface area contributed by atoms with Crippen LogP contribution >= 0.6 is 0 Å². The summed E-state index contributed by atoms with van der Waals surface area (Å²) in [6.07, 6.45) is 1.31. The zero-order valence-corrected chi connectivity index (χ0v) is 15.1. The Bertz CT molecular complexity index is 757. The van der Waals surface area contributed by atoms with E-state index in [0.717, 1.165) is 23.3 Å². The van der Waals surface area contributed by atoms with Crippen LogP contribution in [0.4, 0.5) is 0 Å². The van der Waals surface area contributed by atoms with Gasteiger partial charge in [0, 0.05) is 20.0 Å². The molecule has 1 aliphatic rings. The Morgan fingerprint density at radius 2 is 2.00 bits per heavy atom. The van der Waals surface area contributed by atoms with Crippen LogP contribution in [0.5, 0.6) is 5.75 Å². The first-order valence-corrected chi connectivity index (χ1v) is 8.62. The molecule has 0 N–H and O–H groups in total. The summed E-state index contributed by atoms with van der Waals surface area (Å²) in [6.45, 7) is 3.23. The van der Waals surface area contributed by atoms with Gasteiger partial charge in [-0.05, 0) is 35.2 Å².